The van der Waals surface area contributed by atoms with Crippen molar-refractivity contribution in [3.8, 4) is 11.3 Å². The van der Waals surface area contributed by atoms with Crippen molar-refractivity contribution in [1.82, 2.24) is 15.5 Å². The van der Waals surface area contributed by atoms with Crippen LogP contribution in [-0.2, 0) is 0 Å². The van der Waals surface area contributed by atoms with Crippen molar-refractivity contribution in [2.45, 2.75) is 13.1 Å². The summed E-state index contributed by atoms with van der Waals surface area (Å²) >= 11 is 0. The highest BCUT2D eigenvalue weighted by molar-refractivity contribution is 6.01. The van der Waals surface area contributed by atoms with Crippen molar-refractivity contribution < 1.29 is 4.79 Å². The maximum atomic E-state index is 12.3. The smallest absolute Gasteiger partial charge is 0.255 e. The van der Waals surface area contributed by atoms with E-state index in [4.69, 9.17) is 0 Å². The molecule has 114 valence electrons. The van der Waals surface area contributed by atoms with Crippen LogP contribution in [0.5, 0.6) is 0 Å². The summed E-state index contributed by atoms with van der Waals surface area (Å²) in [5.74, 6) is -0.0830. The monoisotopic (exact) mass is 304 g/mol. The zero-order valence-corrected chi connectivity index (χ0v) is 12.6. The number of hydrogen-bond donors (Lipinski definition) is 3. The number of para-hydroxylation sites is 1. The van der Waals surface area contributed by atoms with Gasteiger partial charge in [-0.15, -0.1) is 0 Å². The minimum Gasteiger partial charge on any atom is -0.361 e. The van der Waals surface area contributed by atoms with Gasteiger partial charge in [-0.3, -0.25) is 9.89 Å². The third kappa shape index (κ3) is 2.36. The van der Waals surface area contributed by atoms with Crippen LogP contribution in [0.2, 0.25) is 0 Å². The Bertz CT molecular complexity index is 867. The van der Waals surface area contributed by atoms with Crippen LogP contribution in [0.1, 0.15) is 27.7 Å². The Labute approximate surface area is 133 Å². The molecule has 5 nitrogen and oxygen atoms in total. The van der Waals surface area contributed by atoms with Crippen molar-refractivity contribution in [3.05, 3.63) is 71.4 Å². The van der Waals surface area contributed by atoms with E-state index in [2.05, 4.69) is 39.9 Å². The number of carbonyl (C=O) groups is 1. The predicted octanol–water partition coefficient (Wildman–Crippen LogP) is 3.24. The number of fused-ring (bicyclic) bond motifs is 1. The molecule has 2 heterocycles. The lowest BCUT2D eigenvalue weighted by atomic mass is 10.0. The van der Waals surface area contributed by atoms with Crippen molar-refractivity contribution >= 4 is 11.6 Å². The highest BCUT2D eigenvalue weighted by atomic mass is 16.2. The van der Waals surface area contributed by atoms with Gasteiger partial charge in [-0.1, -0.05) is 42.0 Å². The fraction of sp³-hybridized carbons (Fsp3) is 0.111. The zero-order valence-electron chi connectivity index (χ0n) is 12.6. The Hall–Kier alpha value is -3.08. The van der Waals surface area contributed by atoms with Crippen molar-refractivity contribution in [2.24, 2.45) is 0 Å². The first-order valence-electron chi connectivity index (χ1n) is 7.49. The fourth-order valence-electron chi connectivity index (χ4n) is 2.83. The summed E-state index contributed by atoms with van der Waals surface area (Å²) in [6.07, 6.45) is 1.44. The maximum Gasteiger partial charge on any atom is 0.255 e. The Morgan fingerprint density at radius 2 is 1.78 bits per heavy atom. The molecule has 0 bridgehead atoms. The van der Waals surface area contributed by atoms with E-state index < -0.39 is 0 Å². The first-order chi connectivity index (χ1) is 11.2. The van der Waals surface area contributed by atoms with Gasteiger partial charge in [-0.2, -0.15) is 5.10 Å². The molecular weight excluding hydrogens is 288 g/mol. The van der Waals surface area contributed by atoms with E-state index >= 15 is 0 Å². The number of aromatic amines is 1. The minimum atomic E-state index is -0.313. The molecule has 3 aromatic rings. The van der Waals surface area contributed by atoms with E-state index in [9.17, 15) is 4.79 Å². The number of anilines is 1. The summed E-state index contributed by atoms with van der Waals surface area (Å²) in [6.45, 7) is 2.05. The number of carbonyl (C=O) groups excluding carboxylic acids is 1. The number of benzene rings is 2. The summed E-state index contributed by atoms with van der Waals surface area (Å²) < 4.78 is 0. The first kappa shape index (κ1) is 13.6. The Morgan fingerprint density at radius 1 is 1.00 bits per heavy atom. The standard InChI is InChI=1S/C18H16N4O/c1-11-6-8-12(9-7-11)16-14(10-19-22-16)17-20-15-5-3-2-4-13(15)18(23)21-17/h2-10,17,20H,1H3,(H,19,22)(H,21,23)/t17-/m0/s1. The van der Waals surface area contributed by atoms with Crippen LogP contribution in [0.25, 0.3) is 11.3 Å². The minimum absolute atomic E-state index is 0.0830. The molecule has 1 aliphatic heterocycles. The molecule has 1 amide bonds. The zero-order chi connectivity index (χ0) is 15.8. The quantitative estimate of drug-likeness (QED) is 0.680. The van der Waals surface area contributed by atoms with Gasteiger partial charge in [0.1, 0.15) is 6.17 Å². The number of nitrogens with zero attached hydrogens (tertiary/aromatic N) is 1. The normalized spacial score (nSPS) is 16.4. The van der Waals surface area contributed by atoms with E-state index in [-0.39, 0.29) is 12.1 Å². The number of aryl methyl sites for hydroxylation is 1. The largest absolute Gasteiger partial charge is 0.361 e. The second-order valence-electron chi connectivity index (χ2n) is 5.66. The second-order valence-corrected chi connectivity index (χ2v) is 5.66. The van der Waals surface area contributed by atoms with Gasteiger partial charge >= 0.3 is 0 Å². The van der Waals surface area contributed by atoms with Crippen LogP contribution >= 0.6 is 0 Å². The van der Waals surface area contributed by atoms with Crippen LogP contribution in [-0.4, -0.2) is 16.1 Å². The van der Waals surface area contributed by atoms with Gasteiger partial charge in [0.2, 0.25) is 0 Å². The third-order valence-electron chi connectivity index (χ3n) is 4.07. The molecule has 23 heavy (non-hydrogen) atoms. The van der Waals surface area contributed by atoms with Crippen LogP contribution in [0.3, 0.4) is 0 Å². The summed E-state index contributed by atoms with van der Waals surface area (Å²) in [6, 6.07) is 15.7. The summed E-state index contributed by atoms with van der Waals surface area (Å²) in [5, 5.41) is 13.5. The Morgan fingerprint density at radius 3 is 2.61 bits per heavy atom. The summed E-state index contributed by atoms with van der Waals surface area (Å²) in [7, 11) is 0. The lowest BCUT2D eigenvalue weighted by Gasteiger charge is -2.27. The number of amides is 1. The Kier molecular flexibility index (Phi) is 3.12. The van der Waals surface area contributed by atoms with Gasteiger partial charge in [0, 0.05) is 11.3 Å². The second kappa shape index (κ2) is 5.28. The Balaban J connectivity index is 1.72. The molecule has 0 aliphatic carbocycles. The van der Waals surface area contributed by atoms with Gasteiger partial charge in [0.05, 0.1) is 17.5 Å². The number of H-pyrrole nitrogens is 1. The lowest BCUT2D eigenvalue weighted by Crippen LogP contribution is -2.38. The molecule has 5 heteroatoms. The molecule has 1 atom stereocenters. The molecule has 0 fully saturated rings. The van der Waals surface area contributed by atoms with Gasteiger partial charge in [-0.05, 0) is 24.6 Å². The molecule has 3 N–H and O–H groups in total. The van der Waals surface area contributed by atoms with E-state index in [1.54, 1.807) is 6.20 Å². The molecule has 2 aromatic carbocycles. The van der Waals surface area contributed by atoms with Crippen LogP contribution in [0, 0.1) is 6.92 Å². The summed E-state index contributed by atoms with van der Waals surface area (Å²) in [5.41, 5.74) is 5.55. The van der Waals surface area contributed by atoms with Gasteiger partial charge in [-0.25, -0.2) is 0 Å². The molecule has 0 saturated carbocycles. The lowest BCUT2D eigenvalue weighted by molar-refractivity contribution is 0.0936. The number of nitrogens with one attached hydrogen (secondary N) is 3. The molecule has 1 aromatic heterocycles. The number of aromatic nitrogens is 2. The molecule has 0 saturated heterocycles. The van der Waals surface area contributed by atoms with Crippen LogP contribution in [0.15, 0.2) is 54.7 Å². The molecule has 0 unspecified atom stereocenters. The van der Waals surface area contributed by atoms with Gasteiger partial charge < -0.3 is 10.6 Å². The van der Waals surface area contributed by atoms with E-state index in [0.29, 0.717) is 5.56 Å². The highest BCUT2D eigenvalue weighted by Crippen LogP contribution is 2.31. The van der Waals surface area contributed by atoms with E-state index in [1.165, 1.54) is 5.56 Å². The van der Waals surface area contributed by atoms with Gasteiger partial charge in [0.15, 0.2) is 0 Å². The number of rotatable bonds is 2. The van der Waals surface area contributed by atoms with Gasteiger partial charge in [0.25, 0.3) is 5.91 Å². The average molecular weight is 304 g/mol. The molecule has 4 rings (SSSR count). The number of hydrogen-bond acceptors (Lipinski definition) is 3. The molecular formula is C18H16N4O. The topological polar surface area (TPSA) is 69.8 Å². The molecule has 0 radical (unpaired) electrons. The third-order valence-corrected chi connectivity index (χ3v) is 4.07. The maximum absolute atomic E-state index is 12.3. The van der Waals surface area contributed by atoms with E-state index in [1.807, 2.05) is 36.4 Å². The molecule has 1 aliphatic rings. The fourth-order valence-corrected chi connectivity index (χ4v) is 2.83. The SMILES string of the molecule is Cc1ccc(-c2[nH]ncc2[C@@H]2NC(=O)c3ccccc3N2)cc1. The van der Waals surface area contributed by atoms with Crippen molar-refractivity contribution in [2.75, 3.05) is 5.32 Å². The average Bonchev–Trinajstić information content (AvgIpc) is 3.05. The summed E-state index contributed by atoms with van der Waals surface area (Å²) in [4.78, 5) is 12.3. The molecule has 0 spiro atoms. The highest BCUT2D eigenvalue weighted by Gasteiger charge is 2.27. The van der Waals surface area contributed by atoms with Crippen molar-refractivity contribution in [1.29, 1.82) is 0 Å². The van der Waals surface area contributed by atoms with Crippen molar-refractivity contribution in [3.63, 3.8) is 0 Å². The predicted molar refractivity (Wildman–Crippen MR) is 89.0 cm³/mol. The first-order valence-corrected chi connectivity index (χ1v) is 7.49. The van der Waals surface area contributed by atoms with Crippen LogP contribution in [0.4, 0.5) is 5.69 Å². The van der Waals surface area contributed by atoms with Crippen LogP contribution < -0.4 is 10.6 Å². The van der Waals surface area contributed by atoms with E-state index in [0.717, 1.165) is 22.5 Å².